The van der Waals surface area contributed by atoms with Crippen molar-refractivity contribution in [2.24, 2.45) is 5.92 Å². The number of para-hydroxylation sites is 1. The minimum Gasteiger partial charge on any atom is -0.464 e. The molecule has 5 nitrogen and oxygen atoms in total. The first-order valence-corrected chi connectivity index (χ1v) is 12.1. The summed E-state index contributed by atoms with van der Waals surface area (Å²) in [5.74, 6) is 1.40. The molecule has 1 saturated heterocycles. The monoisotopic (exact) mass is 426 g/mol. The van der Waals surface area contributed by atoms with Gasteiger partial charge in [0.05, 0.1) is 6.26 Å². The predicted octanol–water partition coefficient (Wildman–Crippen LogP) is 6.09. The first kappa shape index (κ1) is 22.2. The summed E-state index contributed by atoms with van der Waals surface area (Å²) in [6.07, 6.45) is 9.97. The van der Waals surface area contributed by atoms with Gasteiger partial charge in [-0.25, -0.2) is 4.79 Å². The van der Waals surface area contributed by atoms with E-state index in [1.165, 1.54) is 62.7 Å². The molecule has 0 atom stereocenters. The van der Waals surface area contributed by atoms with Crippen molar-refractivity contribution in [2.45, 2.75) is 83.3 Å². The van der Waals surface area contributed by atoms with Crippen LogP contribution in [0, 0.1) is 5.92 Å². The van der Waals surface area contributed by atoms with Crippen LogP contribution in [0.5, 0.6) is 0 Å². The second-order valence-corrected chi connectivity index (χ2v) is 10.5. The Morgan fingerprint density at radius 3 is 2.52 bits per heavy atom. The third-order valence-corrected chi connectivity index (χ3v) is 6.96. The van der Waals surface area contributed by atoms with Gasteiger partial charge in [-0.05, 0) is 103 Å². The predicted molar refractivity (Wildman–Crippen MR) is 124 cm³/mol. The quantitative estimate of drug-likeness (QED) is 0.629. The molecule has 0 bridgehead atoms. The molecule has 5 heteroatoms. The number of carbonyl (C=O) groups excluding carboxylic acids is 1. The van der Waals surface area contributed by atoms with Crippen molar-refractivity contribution >= 4 is 17.1 Å². The first-order valence-electron chi connectivity index (χ1n) is 12.1. The van der Waals surface area contributed by atoms with Crippen molar-refractivity contribution in [3.05, 3.63) is 36.1 Å². The van der Waals surface area contributed by atoms with Gasteiger partial charge < -0.3 is 19.4 Å². The van der Waals surface area contributed by atoms with Gasteiger partial charge in [-0.15, -0.1) is 0 Å². The van der Waals surface area contributed by atoms with Gasteiger partial charge in [0.2, 0.25) is 0 Å². The zero-order valence-corrected chi connectivity index (χ0v) is 19.4. The maximum atomic E-state index is 12.0. The number of nitrogens with one attached hydrogen (secondary N) is 1. The van der Waals surface area contributed by atoms with Crippen molar-refractivity contribution in [1.82, 2.24) is 10.2 Å². The number of fused-ring (bicyclic) bond motifs is 1. The van der Waals surface area contributed by atoms with Crippen LogP contribution in [0.25, 0.3) is 11.0 Å². The topological polar surface area (TPSA) is 54.7 Å². The van der Waals surface area contributed by atoms with E-state index in [1.807, 2.05) is 33.1 Å². The van der Waals surface area contributed by atoms with E-state index >= 15 is 0 Å². The van der Waals surface area contributed by atoms with E-state index < -0.39 is 5.60 Å². The molecule has 1 aliphatic carbocycles. The largest absolute Gasteiger partial charge is 0.464 e. The van der Waals surface area contributed by atoms with Crippen molar-refractivity contribution in [2.75, 3.05) is 19.6 Å². The zero-order chi connectivity index (χ0) is 21.8. The third-order valence-electron chi connectivity index (χ3n) is 6.96. The van der Waals surface area contributed by atoms with Gasteiger partial charge in [-0.2, -0.15) is 0 Å². The molecule has 1 aromatic carbocycles. The Bertz CT molecular complexity index is 853. The number of likely N-dealkylation sites (tertiary alicyclic amines) is 1. The summed E-state index contributed by atoms with van der Waals surface area (Å²) in [6.45, 7) is 9.28. The lowest BCUT2D eigenvalue weighted by Crippen LogP contribution is -2.41. The zero-order valence-electron chi connectivity index (χ0n) is 19.4. The maximum Gasteiger partial charge on any atom is 0.407 e. The Hall–Kier alpha value is -2.01. The van der Waals surface area contributed by atoms with Gasteiger partial charge in [0.15, 0.2) is 0 Å². The number of hydrogen-bond donors (Lipinski definition) is 1. The molecule has 2 fully saturated rings. The van der Waals surface area contributed by atoms with Gasteiger partial charge in [0.25, 0.3) is 0 Å². The van der Waals surface area contributed by atoms with Crippen LogP contribution < -0.4 is 5.32 Å². The van der Waals surface area contributed by atoms with Crippen LogP contribution in [-0.4, -0.2) is 42.3 Å². The van der Waals surface area contributed by atoms with Crippen LogP contribution in [0.2, 0.25) is 0 Å². The van der Waals surface area contributed by atoms with E-state index in [9.17, 15) is 4.79 Å². The minimum absolute atomic E-state index is 0.270. The van der Waals surface area contributed by atoms with Gasteiger partial charge in [-0.3, -0.25) is 0 Å². The fraction of sp³-hybridized carbons (Fsp3) is 0.654. The fourth-order valence-electron chi connectivity index (χ4n) is 5.22. The molecule has 1 N–H and O–H groups in total. The normalized spacial score (nSPS) is 23.7. The van der Waals surface area contributed by atoms with E-state index in [4.69, 9.17) is 9.15 Å². The lowest BCUT2D eigenvalue weighted by atomic mass is 9.83. The lowest BCUT2D eigenvalue weighted by Gasteiger charge is -2.34. The van der Waals surface area contributed by atoms with Crippen molar-refractivity contribution in [3.8, 4) is 0 Å². The Kier molecular flexibility index (Phi) is 6.90. The maximum absolute atomic E-state index is 12.0. The summed E-state index contributed by atoms with van der Waals surface area (Å²) in [7, 11) is 0. The average Bonchev–Trinajstić information content (AvgIpc) is 3.16. The highest BCUT2D eigenvalue weighted by Crippen LogP contribution is 2.35. The standard InChI is InChI=1S/C26H38N2O3/c1-26(2,3)31-25(29)27-21-10-8-19(9-11-21)12-15-28-16-13-20(14-17-28)23-18-30-24-7-5-4-6-22(23)24/h4-7,18-21H,8-17H2,1-3H3,(H,27,29). The van der Waals surface area contributed by atoms with Crippen LogP contribution in [0.3, 0.4) is 0 Å². The fourth-order valence-corrected chi connectivity index (χ4v) is 5.22. The number of rotatable bonds is 5. The van der Waals surface area contributed by atoms with E-state index in [2.05, 4.69) is 28.4 Å². The summed E-state index contributed by atoms with van der Waals surface area (Å²) >= 11 is 0. The smallest absolute Gasteiger partial charge is 0.407 e. The van der Waals surface area contributed by atoms with Crippen LogP contribution in [0.15, 0.2) is 34.9 Å². The minimum atomic E-state index is -0.431. The van der Waals surface area contributed by atoms with Gasteiger partial charge in [0, 0.05) is 17.0 Å². The number of amides is 1. The highest BCUT2D eigenvalue weighted by atomic mass is 16.6. The molecule has 31 heavy (non-hydrogen) atoms. The Labute approximate surface area is 186 Å². The second kappa shape index (κ2) is 9.64. The molecule has 0 unspecified atom stereocenters. The molecule has 1 aromatic heterocycles. The second-order valence-electron chi connectivity index (χ2n) is 10.5. The summed E-state index contributed by atoms with van der Waals surface area (Å²) in [6, 6.07) is 8.67. The van der Waals surface area contributed by atoms with Crippen molar-refractivity contribution in [1.29, 1.82) is 0 Å². The first-order chi connectivity index (χ1) is 14.9. The third kappa shape index (κ3) is 6.03. The van der Waals surface area contributed by atoms with Crippen LogP contribution >= 0.6 is 0 Å². The molecule has 1 aliphatic heterocycles. The summed E-state index contributed by atoms with van der Waals surface area (Å²) in [5.41, 5.74) is 1.97. The molecule has 2 aromatic rings. The Morgan fingerprint density at radius 1 is 1.10 bits per heavy atom. The molecule has 1 saturated carbocycles. The summed E-state index contributed by atoms with van der Waals surface area (Å²) in [5, 5.41) is 4.34. The van der Waals surface area contributed by atoms with Crippen LogP contribution in [0.4, 0.5) is 4.79 Å². The summed E-state index contributed by atoms with van der Waals surface area (Å²) in [4.78, 5) is 14.6. The van der Waals surface area contributed by atoms with Crippen LogP contribution in [-0.2, 0) is 4.74 Å². The average molecular weight is 427 g/mol. The number of alkyl carbamates (subject to hydrolysis) is 1. The number of furan rings is 1. The molecule has 4 rings (SSSR count). The Balaban J connectivity index is 1.15. The van der Waals surface area contributed by atoms with E-state index in [-0.39, 0.29) is 12.1 Å². The van der Waals surface area contributed by atoms with E-state index in [0.29, 0.717) is 5.92 Å². The number of nitrogens with zero attached hydrogens (tertiary/aromatic N) is 1. The van der Waals surface area contributed by atoms with Crippen LogP contribution in [0.1, 0.15) is 77.2 Å². The lowest BCUT2D eigenvalue weighted by molar-refractivity contribution is 0.0485. The number of ether oxygens (including phenoxy) is 1. The highest BCUT2D eigenvalue weighted by molar-refractivity contribution is 5.81. The van der Waals surface area contributed by atoms with Gasteiger partial charge in [-0.1, -0.05) is 18.2 Å². The molecular formula is C26H38N2O3. The van der Waals surface area contributed by atoms with E-state index in [0.717, 1.165) is 24.3 Å². The highest BCUT2D eigenvalue weighted by Gasteiger charge is 2.27. The molecule has 2 aliphatic rings. The Morgan fingerprint density at radius 2 is 1.81 bits per heavy atom. The molecule has 1 amide bonds. The molecular weight excluding hydrogens is 388 g/mol. The number of benzene rings is 1. The van der Waals surface area contributed by atoms with Gasteiger partial charge >= 0.3 is 6.09 Å². The molecule has 0 radical (unpaired) electrons. The molecule has 0 spiro atoms. The molecule has 170 valence electrons. The number of piperidine rings is 1. The number of hydrogen-bond acceptors (Lipinski definition) is 4. The SMILES string of the molecule is CC(C)(C)OC(=O)NC1CCC(CCN2CCC(c3coc4ccccc34)CC2)CC1. The van der Waals surface area contributed by atoms with Crippen molar-refractivity contribution in [3.63, 3.8) is 0 Å². The number of carbonyl (C=O) groups is 1. The molecule has 2 heterocycles. The van der Waals surface area contributed by atoms with Crippen molar-refractivity contribution < 1.29 is 13.9 Å². The van der Waals surface area contributed by atoms with Gasteiger partial charge in [0.1, 0.15) is 11.2 Å². The van der Waals surface area contributed by atoms with E-state index in [1.54, 1.807) is 0 Å². The summed E-state index contributed by atoms with van der Waals surface area (Å²) < 4.78 is 11.2.